The van der Waals surface area contributed by atoms with Crippen molar-refractivity contribution in [2.75, 3.05) is 0 Å². The number of rotatable bonds is 5. The molecule has 0 aromatic heterocycles. The number of nitrogens with zero attached hydrogens (tertiary/aromatic N) is 1. The molecule has 0 saturated heterocycles. The van der Waals surface area contributed by atoms with Gasteiger partial charge in [0.15, 0.2) is 0 Å². The lowest BCUT2D eigenvalue weighted by atomic mass is 10.0. The van der Waals surface area contributed by atoms with Gasteiger partial charge in [-0.05, 0) is 63.9 Å². The van der Waals surface area contributed by atoms with E-state index >= 15 is 0 Å². The molecule has 4 rings (SSSR count). The molecule has 30 heavy (non-hydrogen) atoms. The van der Waals surface area contributed by atoms with Crippen molar-refractivity contribution in [2.24, 2.45) is 0 Å². The maximum atomic E-state index is 9.66. The standard InChI is InChI=1S/C26H17Cl2NO/c27-25-12-7-19(14-26(25)28)17-30-24-10-5-18(6-11-24)13-23(16-29)22-9-8-20-3-1-2-4-21(20)15-22/h1-15H,17H2/b23-13-. The van der Waals surface area contributed by atoms with Gasteiger partial charge in [-0.15, -0.1) is 0 Å². The van der Waals surface area contributed by atoms with Crippen LogP contribution in [0.2, 0.25) is 10.0 Å². The highest BCUT2D eigenvalue weighted by atomic mass is 35.5. The van der Waals surface area contributed by atoms with E-state index < -0.39 is 0 Å². The molecule has 0 aliphatic carbocycles. The highest BCUT2D eigenvalue weighted by Gasteiger charge is 2.04. The molecule has 0 unspecified atom stereocenters. The minimum absolute atomic E-state index is 0.395. The molecule has 0 bridgehead atoms. The Labute approximate surface area is 185 Å². The van der Waals surface area contributed by atoms with Gasteiger partial charge in [0.25, 0.3) is 0 Å². The van der Waals surface area contributed by atoms with Crippen LogP contribution >= 0.6 is 23.2 Å². The fourth-order valence-corrected chi connectivity index (χ4v) is 3.48. The molecule has 4 aromatic carbocycles. The zero-order valence-corrected chi connectivity index (χ0v) is 17.5. The molecule has 4 heteroatoms. The number of ether oxygens (including phenoxy) is 1. The summed E-state index contributed by atoms with van der Waals surface area (Å²) in [5, 5.41) is 13.0. The van der Waals surface area contributed by atoms with Crippen LogP contribution in [0.3, 0.4) is 0 Å². The Bertz CT molecular complexity index is 1270. The Morgan fingerprint density at radius 3 is 2.33 bits per heavy atom. The van der Waals surface area contributed by atoms with E-state index in [1.165, 1.54) is 0 Å². The van der Waals surface area contributed by atoms with Gasteiger partial charge >= 0.3 is 0 Å². The summed E-state index contributed by atoms with van der Waals surface area (Å²) in [4.78, 5) is 0. The van der Waals surface area contributed by atoms with Gasteiger partial charge in [-0.1, -0.05) is 77.8 Å². The van der Waals surface area contributed by atoms with Gasteiger partial charge in [-0.25, -0.2) is 0 Å². The number of fused-ring (bicyclic) bond motifs is 1. The lowest BCUT2D eigenvalue weighted by molar-refractivity contribution is 0.306. The smallest absolute Gasteiger partial charge is 0.119 e. The molecular weight excluding hydrogens is 413 g/mol. The maximum absolute atomic E-state index is 9.66. The van der Waals surface area contributed by atoms with Gasteiger partial charge in [0.05, 0.1) is 21.7 Å². The van der Waals surface area contributed by atoms with E-state index in [0.717, 1.165) is 33.2 Å². The molecule has 0 aliphatic rings. The summed E-state index contributed by atoms with van der Waals surface area (Å²) >= 11 is 12.0. The van der Waals surface area contributed by atoms with E-state index in [4.69, 9.17) is 27.9 Å². The minimum Gasteiger partial charge on any atom is -0.489 e. The molecule has 0 spiro atoms. The Morgan fingerprint density at radius 2 is 1.60 bits per heavy atom. The molecule has 146 valence electrons. The van der Waals surface area contributed by atoms with Crippen molar-refractivity contribution in [1.29, 1.82) is 5.26 Å². The number of hydrogen-bond donors (Lipinski definition) is 0. The first-order valence-electron chi connectivity index (χ1n) is 9.40. The van der Waals surface area contributed by atoms with Gasteiger partial charge in [0.1, 0.15) is 12.4 Å². The topological polar surface area (TPSA) is 33.0 Å². The zero-order chi connectivity index (χ0) is 20.9. The summed E-state index contributed by atoms with van der Waals surface area (Å²) in [5.41, 5.74) is 3.39. The van der Waals surface area contributed by atoms with Crippen LogP contribution in [0.5, 0.6) is 5.75 Å². The van der Waals surface area contributed by atoms with E-state index in [9.17, 15) is 5.26 Å². The molecule has 0 radical (unpaired) electrons. The van der Waals surface area contributed by atoms with Crippen molar-refractivity contribution < 1.29 is 4.74 Å². The van der Waals surface area contributed by atoms with Crippen LogP contribution in [0.1, 0.15) is 16.7 Å². The van der Waals surface area contributed by atoms with E-state index in [1.807, 2.05) is 72.8 Å². The van der Waals surface area contributed by atoms with Crippen LogP contribution in [0, 0.1) is 11.3 Å². The fraction of sp³-hybridized carbons (Fsp3) is 0.0385. The van der Waals surface area contributed by atoms with Crippen LogP contribution in [0.25, 0.3) is 22.4 Å². The van der Waals surface area contributed by atoms with Crippen molar-refractivity contribution in [3.63, 3.8) is 0 Å². The summed E-state index contributed by atoms with van der Waals surface area (Å²) in [6.45, 7) is 0.395. The zero-order valence-electron chi connectivity index (χ0n) is 16.0. The predicted molar refractivity (Wildman–Crippen MR) is 125 cm³/mol. The molecule has 2 nitrogen and oxygen atoms in total. The predicted octanol–water partition coefficient (Wildman–Crippen LogP) is 7.79. The molecule has 0 heterocycles. The van der Waals surface area contributed by atoms with Gasteiger partial charge < -0.3 is 4.74 Å². The van der Waals surface area contributed by atoms with Crippen molar-refractivity contribution in [3.05, 3.63) is 112 Å². The Kier molecular flexibility index (Phi) is 6.05. The summed E-state index contributed by atoms with van der Waals surface area (Å²) in [6.07, 6.45) is 1.88. The van der Waals surface area contributed by atoms with Crippen LogP contribution in [0.15, 0.2) is 84.9 Å². The third kappa shape index (κ3) is 4.66. The second-order valence-electron chi connectivity index (χ2n) is 6.84. The van der Waals surface area contributed by atoms with E-state index in [2.05, 4.69) is 12.1 Å². The SMILES string of the molecule is N#C/C(=C/c1ccc(OCc2ccc(Cl)c(Cl)c2)cc1)c1ccc2ccccc2c1. The maximum Gasteiger partial charge on any atom is 0.119 e. The molecule has 0 aliphatic heterocycles. The normalized spacial score (nSPS) is 11.3. The molecule has 0 N–H and O–H groups in total. The molecule has 0 atom stereocenters. The number of hydrogen-bond acceptors (Lipinski definition) is 2. The highest BCUT2D eigenvalue weighted by molar-refractivity contribution is 6.42. The average Bonchev–Trinajstić information content (AvgIpc) is 2.78. The monoisotopic (exact) mass is 429 g/mol. The third-order valence-corrected chi connectivity index (χ3v) is 5.50. The minimum atomic E-state index is 0.395. The summed E-state index contributed by atoms with van der Waals surface area (Å²) in [5.74, 6) is 0.738. The van der Waals surface area contributed by atoms with Crippen LogP contribution < -0.4 is 4.74 Å². The molecule has 4 aromatic rings. The quantitative estimate of drug-likeness (QED) is 0.239. The first kappa shape index (κ1) is 20.0. The number of benzene rings is 4. The van der Waals surface area contributed by atoms with Crippen molar-refractivity contribution in [1.82, 2.24) is 0 Å². The average molecular weight is 430 g/mol. The lowest BCUT2D eigenvalue weighted by Gasteiger charge is -2.08. The van der Waals surface area contributed by atoms with Crippen LogP contribution in [0.4, 0.5) is 0 Å². The van der Waals surface area contributed by atoms with E-state index in [-0.39, 0.29) is 0 Å². The first-order valence-corrected chi connectivity index (χ1v) is 10.2. The Hall–Kier alpha value is -3.25. The van der Waals surface area contributed by atoms with Gasteiger partial charge in [0.2, 0.25) is 0 Å². The second-order valence-corrected chi connectivity index (χ2v) is 7.65. The Balaban J connectivity index is 1.49. The van der Waals surface area contributed by atoms with Gasteiger partial charge in [-0.2, -0.15) is 5.26 Å². The second kappa shape index (κ2) is 9.05. The molecule has 0 saturated carbocycles. The summed E-state index contributed by atoms with van der Waals surface area (Å²) < 4.78 is 5.82. The van der Waals surface area contributed by atoms with Crippen LogP contribution in [-0.4, -0.2) is 0 Å². The molecule has 0 fully saturated rings. The van der Waals surface area contributed by atoms with Gasteiger partial charge in [-0.3, -0.25) is 0 Å². The van der Waals surface area contributed by atoms with E-state index in [1.54, 1.807) is 12.1 Å². The van der Waals surface area contributed by atoms with E-state index in [0.29, 0.717) is 22.2 Å². The molecular formula is C26H17Cl2NO. The summed E-state index contributed by atoms with van der Waals surface area (Å²) in [6, 6.07) is 29.6. The number of allylic oxidation sites excluding steroid dienone is 1. The first-order chi connectivity index (χ1) is 14.6. The summed E-state index contributed by atoms with van der Waals surface area (Å²) in [7, 11) is 0. The van der Waals surface area contributed by atoms with Crippen molar-refractivity contribution in [3.8, 4) is 11.8 Å². The highest BCUT2D eigenvalue weighted by Crippen LogP contribution is 2.25. The molecule has 0 amide bonds. The Morgan fingerprint density at radius 1 is 0.833 bits per heavy atom. The fourth-order valence-electron chi connectivity index (χ4n) is 3.16. The van der Waals surface area contributed by atoms with Crippen molar-refractivity contribution in [2.45, 2.75) is 6.61 Å². The van der Waals surface area contributed by atoms with Crippen molar-refractivity contribution >= 4 is 45.6 Å². The lowest BCUT2D eigenvalue weighted by Crippen LogP contribution is -1.95. The third-order valence-electron chi connectivity index (χ3n) is 4.76. The van der Waals surface area contributed by atoms with Crippen LogP contribution in [-0.2, 0) is 6.61 Å². The largest absolute Gasteiger partial charge is 0.489 e. The number of nitriles is 1. The number of halogens is 2. The van der Waals surface area contributed by atoms with Gasteiger partial charge in [0, 0.05) is 0 Å².